The normalized spacial score (nSPS) is 10.2. The summed E-state index contributed by atoms with van der Waals surface area (Å²) in [4.78, 5) is 11.5. The molecule has 0 saturated carbocycles. The number of hydrogen-bond donors (Lipinski definition) is 2. The van der Waals surface area contributed by atoms with E-state index in [1.807, 2.05) is 25.1 Å². The molecule has 1 aromatic rings. The fraction of sp³-hybridized carbons (Fsp3) is 0.533. The summed E-state index contributed by atoms with van der Waals surface area (Å²) in [5.74, 6) is 1.06. The van der Waals surface area contributed by atoms with Crippen LogP contribution in [0.2, 0.25) is 0 Å². The van der Waals surface area contributed by atoms with Crippen molar-refractivity contribution in [2.75, 3.05) is 40.5 Å². The summed E-state index contributed by atoms with van der Waals surface area (Å²) < 4.78 is 15.9. The van der Waals surface area contributed by atoms with E-state index in [0.717, 1.165) is 12.1 Å². The first-order chi connectivity index (χ1) is 10.2. The monoisotopic (exact) mass is 296 g/mol. The molecule has 0 aliphatic heterocycles. The number of benzene rings is 1. The van der Waals surface area contributed by atoms with Gasteiger partial charge in [0.1, 0.15) is 0 Å². The van der Waals surface area contributed by atoms with Gasteiger partial charge in [0.2, 0.25) is 0 Å². The van der Waals surface area contributed by atoms with Gasteiger partial charge in [0.15, 0.2) is 18.1 Å². The predicted molar refractivity (Wildman–Crippen MR) is 80.8 cm³/mol. The summed E-state index contributed by atoms with van der Waals surface area (Å²) in [5.41, 5.74) is 0.940. The minimum absolute atomic E-state index is 0.0285. The van der Waals surface area contributed by atoms with E-state index in [1.54, 1.807) is 14.2 Å². The second-order valence-electron chi connectivity index (χ2n) is 4.36. The lowest BCUT2D eigenvalue weighted by Crippen LogP contribution is -2.28. The Morgan fingerprint density at radius 2 is 2.10 bits per heavy atom. The van der Waals surface area contributed by atoms with Crippen molar-refractivity contribution in [1.82, 2.24) is 10.6 Å². The summed E-state index contributed by atoms with van der Waals surface area (Å²) in [6.07, 6.45) is 0. The van der Waals surface area contributed by atoms with Crippen molar-refractivity contribution >= 4 is 5.91 Å². The number of methoxy groups -OCH3 is 2. The van der Waals surface area contributed by atoms with Crippen molar-refractivity contribution in [3.05, 3.63) is 23.8 Å². The highest BCUT2D eigenvalue weighted by atomic mass is 16.5. The summed E-state index contributed by atoms with van der Waals surface area (Å²) in [6.45, 7) is 4.42. The fourth-order valence-electron chi connectivity index (χ4n) is 1.81. The molecule has 1 rings (SSSR count). The lowest BCUT2D eigenvalue weighted by Gasteiger charge is -2.15. The third-order valence-electron chi connectivity index (χ3n) is 2.80. The number of likely N-dealkylation sites (N-methyl/N-ethyl adjacent to an activating group) is 1. The summed E-state index contributed by atoms with van der Waals surface area (Å²) in [6, 6.07) is 5.65. The Hall–Kier alpha value is -1.79. The van der Waals surface area contributed by atoms with E-state index >= 15 is 0 Å². The Morgan fingerprint density at radius 3 is 2.76 bits per heavy atom. The number of hydrogen-bond acceptors (Lipinski definition) is 5. The van der Waals surface area contributed by atoms with Crippen LogP contribution in [-0.2, 0) is 16.1 Å². The van der Waals surface area contributed by atoms with Gasteiger partial charge in [-0.1, -0.05) is 12.1 Å². The van der Waals surface area contributed by atoms with Crippen molar-refractivity contribution in [2.24, 2.45) is 0 Å². The smallest absolute Gasteiger partial charge is 0.257 e. The number of rotatable bonds is 10. The second kappa shape index (κ2) is 10.0. The zero-order valence-corrected chi connectivity index (χ0v) is 12.9. The van der Waals surface area contributed by atoms with Crippen LogP contribution in [0.1, 0.15) is 12.5 Å². The maximum Gasteiger partial charge on any atom is 0.257 e. The van der Waals surface area contributed by atoms with Crippen LogP contribution in [-0.4, -0.2) is 46.4 Å². The molecule has 0 atom stereocenters. The van der Waals surface area contributed by atoms with Crippen molar-refractivity contribution in [3.8, 4) is 11.5 Å². The molecule has 0 unspecified atom stereocenters. The standard InChI is InChI=1S/C15H24N2O4/c1-4-17-14(18)11-21-15-12(10-16-8-9-19-2)6-5-7-13(15)20-3/h5-7,16H,4,8-11H2,1-3H3,(H,17,18). The van der Waals surface area contributed by atoms with Crippen molar-refractivity contribution < 1.29 is 19.0 Å². The molecule has 21 heavy (non-hydrogen) atoms. The Bertz CT molecular complexity index is 438. The molecule has 1 amide bonds. The van der Waals surface area contributed by atoms with E-state index < -0.39 is 0 Å². The minimum Gasteiger partial charge on any atom is -0.493 e. The van der Waals surface area contributed by atoms with Crippen LogP contribution in [0.4, 0.5) is 0 Å². The van der Waals surface area contributed by atoms with E-state index in [2.05, 4.69) is 10.6 Å². The third-order valence-corrected chi connectivity index (χ3v) is 2.80. The average molecular weight is 296 g/mol. The third kappa shape index (κ3) is 6.01. The first-order valence-electron chi connectivity index (χ1n) is 6.98. The quantitative estimate of drug-likeness (QED) is 0.629. The number of nitrogens with one attached hydrogen (secondary N) is 2. The molecule has 118 valence electrons. The number of carbonyl (C=O) groups is 1. The van der Waals surface area contributed by atoms with Gasteiger partial charge in [0.05, 0.1) is 13.7 Å². The minimum atomic E-state index is -0.151. The highest BCUT2D eigenvalue weighted by molar-refractivity contribution is 5.77. The molecule has 0 aliphatic rings. The largest absolute Gasteiger partial charge is 0.493 e. The molecule has 0 fully saturated rings. The summed E-state index contributed by atoms with van der Waals surface area (Å²) in [7, 11) is 3.24. The van der Waals surface area contributed by atoms with Crippen LogP contribution in [0.15, 0.2) is 18.2 Å². The van der Waals surface area contributed by atoms with Crippen LogP contribution >= 0.6 is 0 Å². The van der Waals surface area contributed by atoms with E-state index in [4.69, 9.17) is 14.2 Å². The van der Waals surface area contributed by atoms with E-state index in [1.165, 1.54) is 0 Å². The van der Waals surface area contributed by atoms with Gasteiger partial charge in [-0.3, -0.25) is 4.79 Å². The van der Waals surface area contributed by atoms with Crippen molar-refractivity contribution in [1.29, 1.82) is 0 Å². The van der Waals surface area contributed by atoms with Gasteiger partial charge in [-0.25, -0.2) is 0 Å². The van der Waals surface area contributed by atoms with Gasteiger partial charge in [0.25, 0.3) is 5.91 Å². The van der Waals surface area contributed by atoms with Crippen molar-refractivity contribution in [2.45, 2.75) is 13.5 Å². The molecular weight excluding hydrogens is 272 g/mol. The van der Waals surface area contributed by atoms with Gasteiger partial charge >= 0.3 is 0 Å². The van der Waals surface area contributed by atoms with Gasteiger partial charge in [-0.15, -0.1) is 0 Å². The van der Waals surface area contributed by atoms with E-state index in [9.17, 15) is 4.79 Å². The molecular formula is C15H24N2O4. The Kier molecular flexibility index (Phi) is 8.23. The fourth-order valence-corrected chi connectivity index (χ4v) is 1.81. The molecule has 2 N–H and O–H groups in total. The number of para-hydroxylation sites is 1. The molecule has 0 spiro atoms. The molecule has 6 heteroatoms. The average Bonchev–Trinajstić information content (AvgIpc) is 2.50. The van der Waals surface area contributed by atoms with Gasteiger partial charge in [-0.2, -0.15) is 0 Å². The zero-order valence-electron chi connectivity index (χ0n) is 12.9. The van der Waals surface area contributed by atoms with E-state index in [0.29, 0.717) is 31.2 Å². The van der Waals surface area contributed by atoms with Crippen LogP contribution < -0.4 is 20.1 Å². The Labute approximate surface area is 125 Å². The van der Waals surface area contributed by atoms with Crippen LogP contribution in [0.25, 0.3) is 0 Å². The van der Waals surface area contributed by atoms with Gasteiger partial charge in [0, 0.05) is 32.3 Å². The Morgan fingerprint density at radius 1 is 1.29 bits per heavy atom. The van der Waals surface area contributed by atoms with Crippen LogP contribution in [0.5, 0.6) is 11.5 Å². The Balaban J connectivity index is 2.70. The molecule has 0 heterocycles. The van der Waals surface area contributed by atoms with Gasteiger partial charge < -0.3 is 24.8 Å². The molecule has 0 radical (unpaired) electrons. The van der Waals surface area contributed by atoms with E-state index in [-0.39, 0.29) is 12.5 Å². The molecule has 0 bridgehead atoms. The van der Waals surface area contributed by atoms with Gasteiger partial charge in [-0.05, 0) is 13.0 Å². The summed E-state index contributed by atoms with van der Waals surface area (Å²) in [5, 5.41) is 5.94. The maximum absolute atomic E-state index is 11.5. The second-order valence-corrected chi connectivity index (χ2v) is 4.36. The highest BCUT2D eigenvalue weighted by Gasteiger charge is 2.12. The summed E-state index contributed by atoms with van der Waals surface area (Å²) >= 11 is 0. The molecule has 0 saturated heterocycles. The van der Waals surface area contributed by atoms with Crippen molar-refractivity contribution in [3.63, 3.8) is 0 Å². The first kappa shape index (κ1) is 17.3. The number of amides is 1. The SMILES string of the molecule is CCNC(=O)COc1c(CNCCOC)cccc1OC. The van der Waals surface area contributed by atoms with Crippen LogP contribution in [0, 0.1) is 0 Å². The zero-order chi connectivity index (χ0) is 15.5. The predicted octanol–water partition coefficient (Wildman–Crippen LogP) is 0.946. The van der Waals surface area contributed by atoms with Crippen LogP contribution in [0.3, 0.4) is 0 Å². The maximum atomic E-state index is 11.5. The topological polar surface area (TPSA) is 68.8 Å². The first-order valence-corrected chi connectivity index (χ1v) is 6.98. The number of ether oxygens (including phenoxy) is 3. The molecule has 6 nitrogen and oxygen atoms in total. The number of carbonyl (C=O) groups excluding carboxylic acids is 1. The lowest BCUT2D eigenvalue weighted by molar-refractivity contribution is -0.123. The molecule has 0 aromatic heterocycles. The lowest BCUT2D eigenvalue weighted by atomic mass is 10.2. The highest BCUT2D eigenvalue weighted by Crippen LogP contribution is 2.30. The molecule has 1 aromatic carbocycles. The molecule has 0 aliphatic carbocycles.